The van der Waals surface area contributed by atoms with Crippen LogP contribution in [0.3, 0.4) is 0 Å². The lowest BCUT2D eigenvalue weighted by Crippen LogP contribution is -2.39. The first-order valence-corrected chi connectivity index (χ1v) is 7.18. The summed E-state index contributed by atoms with van der Waals surface area (Å²) in [5.41, 5.74) is 4.08. The van der Waals surface area contributed by atoms with Crippen LogP contribution in [0.5, 0.6) is 0 Å². The van der Waals surface area contributed by atoms with Gasteiger partial charge in [0, 0.05) is 12.0 Å². The van der Waals surface area contributed by atoms with Crippen LogP contribution in [0.25, 0.3) is 0 Å². The number of amides is 2. The maximum atomic E-state index is 12.4. The third-order valence-electron chi connectivity index (χ3n) is 3.42. The molecule has 0 saturated carbocycles. The van der Waals surface area contributed by atoms with Crippen molar-refractivity contribution in [1.29, 1.82) is 0 Å². The van der Waals surface area contributed by atoms with E-state index in [4.69, 9.17) is 0 Å². The van der Waals surface area contributed by atoms with Crippen molar-refractivity contribution in [3.63, 3.8) is 0 Å². The molecule has 1 aromatic rings. The van der Waals surface area contributed by atoms with Crippen LogP contribution in [0.4, 0.5) is 5.82 Å². The van der Waals surface area contributed by atoms with E-state index in [1.807, 2.05) is 0 Å². The molecule has 0 aliphatic carbocycles. The molecule has 0 aromatic carbocycles. The molecule has 1 atom stereocenters. The molecule has 1 aromatic heterocycles. The summed E-state index contributed by atoms with van der Waals surface area (Å²) in [5, 5.41) is 9.40. The summed E-state index contributed by atoms with van der Waals surface area (Å²) in [4.78, 5) is 42.0. The average molecular weight is 318 g/mol. The predicted octanol–water partition coefficient (Wildman–Crippen LogP) is -0.356. The summed E-state index contributed by atoms with van der Waals surface area (Å²) < 4.78 is 0. The number of aldehydes is 1. The second-order valence-corrected chi connectivity index (χ2v) is 5.07. The summed E-state index contributed by atoms with van der Waals surface area (Å²) in [6.07, 6.45) is 2.66. The number of aromatic nitrogens is 2. The Kier molecular flexibility index (Phi) is 5.34. The van der Waals surface area contributed by atoms with E-state index >= 15 is 0 Å². The molecule has 23 heavy (non-hydrogen) atoms. The number of carbonyl (C=O) groups is 3. The first kappa shape index (κ1) is 16.5. The van der Waals surface area contributed by atoms with Gasteiger partial charge >= 0.3 is 0 Å². The summed E-state index contributed by atoms with van der Waals surface area (Å²) in [7, 11) is 0. The van der Waals surface area contributed by atoms with Crippen molar-refractivity contribution < 1.29 is 14.4 Å². The zero-order valence-corrected chi connectivity index (χ0v) is 12.9. The monoisotopic (exact) mass is 318 g/mol. The maximum absolute atomic E-state index is 12.4. The number of hydrogen-bond acceptors (Lipinski definition) is 7. The number of hydrogen-bond donors (Lipinski definition) is 3. The second-order valence-electron chi connectivity index (χ2n) is 5.07. The Morgan fingerprint density at radius 3 is 3.00 bits per heavy atom. The maximum Gasteiger partial charge on any atom is 0.270 e. The predicted molar refractivity (Wildman–Crippen MR) is 83.1 cm³/mol. The normalized spacial score (nSPS) is 15.2. The van der Waals surface area contributed by atoms with Gasteiger partial charge < -0.3 is 20.9 Å². The van der Waals surface area contributed by atoms with E-state index in [9.17, 15) is 14.4 Å². The van der Waals surface area contributed by atoms with Gasteiger partial charge in [0.05, 0.1) is 18.3 Å². The van der Waals surface area contributed by atoms with Crippen molar-refractivity contribution in [3.8, 4) is 0 Å². The molecule has 9 nitrogen and oxygen atoms in total. The van der Waals surface area contributed by atoms with E-state index < -0.39 is 0 Å². The van der Waals surface area contributed by atoms with Gasteiger partial charge in [0.2, 0.25) is 5.91 Å². The molecule has 2 heterocycles. The van der Waals surface area contributed by atoms with Crippen molar-refractivity contribution >= 4 is 29.6 Å². The number of rotatable bonds is 6. The highest BCUT2D eigenvalue weighted by Crippen LogP contribution is 2.21. The molecule has 1 aliphatic heterocycles. The largest absolute Gasteiger partial charge is 0.343 e. The van der Waals surface area contributed by atoms with Gasteiger partial charge in [-0.3, -0.25) is 9.59 Å². The van der Waals surface area contributed by atoms with Gasteiger partial charge in [-0.1, -0.05) is 0 Å². The van der Waals surface area contributed by atoms with Crippen LogP contribution >= 0.6 is 0 Å². The fourth-order valence-electron chi connectivity index (χ4n) is 2.06. The van der Waals surface area contributed by atoms with Crippen LogP contribution < -0.4 is 16.1 Å². The molecule has 3 N–H and O–H groups in total. The SMILES string of the molecule is C/C(=N\NCC=O)C(C)NC(=O)c1ncnc2c1CCC(=O)N2. The van der Waals surface area contributed by atoms with E-state index in [0.29, 0.717) is 36.2 Å². The second kappa shape index (κ2) is 7.43. The molecule has 2 rings (SSSR count). The van der Waals surface area contributed by atoms with Gasteiger partial charge in [0.1, 0.15) is 24.1 Å². The highest BCUT2D eigenvalue weighted by Gasteiger charge is 2.24. The molecule has 2 amide bonds. The van der Waals surface area contributed by atoms with Crippen LogP contribution in [0.15, 0.2) is 11.4 Å². The molecule has 122 valence electrons. The lowest BCUT2D eigenvalue weighted by atomic mass is 10.0. The van der Waals surface area contributed by atoms with Gasteiger partial charge in [-0.05, 0) is 20.3 Å². The third kappa shape index (κ3) is 4.09. The van der Waals surface area contributed by atoms with Gasteiger partial charge in [0.15, 0.2) is 0 Å². The quantitative estimate of drug-likeness (QED) is 0.285. The fourth-order valence-corrected chi connectivity index (χ4v) is 2.06. The van der Waals surface area contributed by atoms with E-state index in [1.54, 1.807) is 13.8 Å². The summed E-state index contributed by atoms with van der Waals surface area (Å²) in [6, 6.07) is -0.342. The van der Waals surface area contributed by atoms with E-state index in [2.05, 4.69) is 31.1 Å². The zero-order valence-electron chi connectivity index (χ0n) is 12.9. The van der Waals surface area contributed by atoms with Crippen molar-refractivity contribution in [1.82, 2.24) is 20.7 Å². The third-order valence-corrected chi connectivity index (χ3v) is 3.42. The molecule has 0 fully saturated rings. The van der Waals surface area contributed by atoms with Crippen molar-refractivity contribution in [3.05, 3.63) is 17.6 Å². The minimum atomic E-state index is -0.364. The molecule has 9 heteroatoms. The minimum Gasteiger partial charge on any atom is -0.343 e. The number of anilines is 1. The molecule has 0 bridgehead atoms. The fraction of sp³-hybridized carbons (Fsp3) is 0.429. The van der Waals surface area contributed by atoms with Crippen LogP contribution in [0, 0.1) is 0 Å². The Morgan fingerprint density at radius 2 is 2.26 bits per heavy atom. The number of carbonyl (C=O) groups excluding carboxylic acids is 3. The molecule has 0 saturated heterocycles. The zero-order chi connectivity index (χ0) is 16.8. The summed E-state index contributed by atoms with van der Waals surface area (Å²) in [5.74, 6) is -0.107. The topological polar surface area (TPSA) is 125 Å². The number of nitrogens with zero attached hydrogens (tertiary/aromatic N) is 3. The smallest absolute Gasteiger partial charge is 0.270 e. The lowest BCUT2D eigenvalue weighted by Gasteiger charge is -2.19. The Balaban J connectivity index is 2.09. The van der Waals surface area contributed by atoms with E-state index in [0.717, 1.165) is 0 Å². The van der Waals surface area contributed by atoms with Crippen molar-refractivity contribution in [2.75, 3.05) is 11.9 Å². The van der Waals surface area contributed by atoms with Gasteiger partial charge in [-0.2, -0.15) is 5.10 Å². The first-order chi connectivity index (χ1) is 11.0. The van der Waals surface area contributed by atoms with Gasteiger partial charge in [-0.25, -0.2) is 9.97 Å². The highest BCUT2D eigenvalue weighted by atomic mass is 16.2. The molecule has 0 radical (unpaired) electrons. The van der Waals surface area contributed by atoms with Crippen LogP contribution in [0.2, 0.25) is 0 Å². The highest BCUT2D eigenvalue weighted by molar-refractivity contribution is 6.01. The summed E-state index contributed by atoms with van der Waals surface area (Å²) in [6.45, 7) is 3.62. The van der Waals surface area contributed by atoms with Gasteiger partial charge in [-0.15, -0.1) is 0 Å². The van der Waals surface area contributed by atoms with E-state index in [1.165, 1.54) is 6.33 Å². The Hall–Kier alpha value is -2.84. The average Bonchev–Trinajstić information content (AvgIpc) is 2.53. The molecular formula is C14H18N6O3. The minimum absolute atomic E-state index is 0.108. The Morgan fingerprint density at radius 1 is 1.48 bits per heavy atom. The van der Waals surface area contributed by atoms with Crippen molar-refractivity contribution in [2.24, 2.45) is 5.10 Å². The number of hydrazone groups is 1. The van der Waals surface area contributed by atoms with Gasteiger partial charge in [0.25, 0.3) is 5.91 Å². The lowest BCUT2D eigenvalue weighted by molar-refractivity contribution is -0.116. The van der Waals surface area contributed by atoms with Crippen LogP contribution in [-0.4, -0.2) is 46.4 Å². The summed E-state index contributed by atoms with van der Waals surface area (Å²) >= 11 is 0. The molecule has 1 unspecified atom stereocenters. The molecular weight excluding hydrogens is 300 g/mol. The Labute approximate surface area is 133 Å². The van der Waals surface area contributed by atoms with E-state index in [-0.39, 0.29) is 30.1 Å². The first-order valence-electron chi connectivity index (χ1n) is 7.18. The van der Waals surface area contributed by atoms with Crippen LogP contribution in [-0.2, 0) is 16.0 Å². The number of fused-ring (bicyclic) bond motifs is 1. The standard InChI is InChI=1S/C14H18N6O3/c1-8(9(2)20-17-5-6-21)18-14(23)12-10-3-4-11(22)19-13(10)16-7-15-12/h6-8,17H,3-5H2,1-2H3,(H,18,23)(H,15,16,19,22)/b20-9+. The Bertz CT molecular complexity index is 658. The number of nitrogens with one attached hydrogen (secondary N) is 3. The van der Waals surface area contributed by atoms with Crippen LogP contribution in [0.1, 0.15) is 36.3 Å². The molecule has 1 aliphatic rings. The van der Waals surface area contributed by atoms with Crippen molar-refractivity contribution in [2.45, 2.75) is 32.7 Å². The molecule has 0 spiro atoms.